The fraction of sp³-hybridized carbons (Fsp3) is 0.333. The van der Waals surface area contributed by atoms with Crippen molar-refractivity contribution in [3.63, 3.8) is 0 Å². The molecule has 1 aliphatic heterocycles. The predicted molar refractivity (Wildman–Crippen MR) is 63.2 cm³/mol. The van der Waals surface area contributed by atoms with Gasteiger partial charge < -0.3 is 15.0 Å². The van der Waals surface area contributed by atoms with Crippen molar-refractivity contribution in [3.05, 3.63) is 23.8 Å². The summed E-state index contributed by atoms with van der Waals surface area (Å²) in [6, 6.07) is 5.02. The molecule has 5 heteroatoms. The summed E-state index contributed by atoms with van der Waals surface area (Å²) in [6.45, 7) is 2.55. The van der Waals surface area contributed by atoms with Crippen LogP contribution in [-0.4, -0.2) is 36.9 Å². The summed E-state index contributed by atoms with van der Waals surface area (Å²) >= 11 is 0. The second-order valence-corrected chi connectivity index (χ2v) is 3.87. The van der Waals surface area contributed by atoms with Gasteiger partial charge in [0.1, 0.15) is 5.75 Å². The highest BCUT2D eigenvalue weighted by Crippen LogP contribution is 2.28. The minimum Gasteiger partial charge on any atom is -0.482 e. The number of hydrogen-bond acceptors (Lipinski definition) is 3. The Morgan fingerprint density at radius 3 is 3.00 bits per heavy atom. The van der Waals surface area contributed by atoms with E-state index in [-0.39, 0.29) is 18.4 Å². The highest BCUT2D eigenvalue weighted by molar-refractivity contribution is 5.98. The van der Waals surface area contributed by atoms with E-state index in [0.717, 1.165) is 0 Å². The molecule has 0 aromatic heterocycles. The number of carbonyl (C=O) groups excluding carboxylic acids is 2. The van der Waals surface area contributed by atoms with Crippen LogP contribution in [0.25, 0.3) is 0 Å². The SMILES string of the molecule is CCN(C)C(=O)c1ccc2c(c1)OCC(=O)N2. The van der Waals surface area contributed by atoms with Crippen LogP contribution < -0.4 is 10.1 Å². The molecule has 0 fully saturated rings. The average Bonchev–Trinajstić information content (AvgIpc) is 2.36. The molecule has 1 aromatic rings. The number of carbonyl (C=O) groups is 2. The van der Waals surface area contributed by atoms with Crippen molar-refractivity contribution in [2.45, 2.75) is 6.92 Å². The average molecular weight is 234 g/mol. The molecule has 2 amide bonds. The number of amides is 2. The van der Waals surface area contributed by atoms with E-state index in [4.69, 9.17) is 4.74 Å². The van der Waals surface area contributed by atoms with Crippen LogP contribution in [-0.2, 0) is 4.79 Å². The molecule has 17 heavy (non-hydrogen) atoms. The van der Waals surface area contributed by atoms with Crippen molar-refractivity contribution in [1.82, 2.24) is 4.90 Å². The molecule has 1 heterocycles. The lowest BCUT2D eigenvalue weighted by molar-refractivity contribution is -0.118. The van der Waals surface area contributed by atoms with E-state index in [1.165, 1.54) is 0 Å². The molecule has 0 saturated carbocycles. The fourth-order valence-corrected chi connectivity index (χ4v) is 1.57. The van der Waals surface area contributed by atoms with Crippen molar-refractivity contribution in [2.75, 3.05) is 25.5 Å². The normalized spacial score (nSPS) is 13.4. The number of nitrogens with one attached hydrogen (secondary N) is 1. The molecule has 1 aromatic carbocycles. The molecule has 1 aliphatic rings. The van der Waals surface area contributed by atoms with Gasteiger partial charge in [0.25, 0.3) is 11.8 Å². The molecule has 0 atom stereocenters. The molecule has 0 spiro atoms. The van der Waals surface area contributed by atoms with E-state index in [2.05, 4.69) is 5.32 Å². The maximum Gasteiger partial charge on any atom is 0.262 e. The smallest absolute Gasteiger partial charge is 0.262 e. The lowest BCUT2D eigenvalue weighted by atomic mass is 10.1. The number of rotatable bonds is 2. The largest absolute Gasteiger partial charge is 0.482 e. The summed E-state index contributed by atoms with van der Waals surface area (Å²) < 4.78 is 5.26. The molecule has 5 nitrogen and oxygen atoms in total. The summed E-state index contributed by atoms with van der Waals surface area (Å²) in [6.07, 6.45) is 0. The molecule has 0 aliphatic carbocycles. The number of ether oxygens (including phenoxy) is 1. The molecule has 0 unspecified atom stereocenters. The Morgan fingerprint density at radius 1 is 1.53 bits per heavy atom. The summed E-state index contributed by atoms with van der Waals surface area (Å²) in [7, 11) is 1.74. The van der Waals surface area contributed by atoms with Gasteiger partial charge in [-0.3, -0.25) is 9.59 Å². The van der Waals surface area contributed by atoms with Crippen molar-refractivity contribution >= 4 is 17.5 Å². The van der Waals surface area contributed by atoms with Gasteiger partial charge in [0.2, 0.25) is 0 Å². The second kappa shape index (κ2) is 4.45. The van der Waals surface area contributed by atoms with E-state index in [1.54, 1.807) is 30.1 Å². The second-order valence-electron chi connectivity index (χ2n) is 3.87. The first-order valence-electron chi connectivity index (χ1n) is 5.44. The Morgan fingerprint density at radius 2 is 2.29 bits per heavy atom. The van der Waals surface area contributed by atoms with Crippen molar-refractivity contribution < 1.29 is 14.3 Å². The van der Waals surface area contributed by atoms with Crippen molar-refractivity contribution in [2.24, 2.45) is 0 Å². The quantitative estimate of drug-likeness (QED) is 0.833. The van der Waals surface area contributed by atoms with Crippen LogP contribution in [0.1, 0.15) is 17.3 Å². The van der Waals surface area contributed by atoms with Gasteiger partial charge in [-0.1, -0.05) is 0 Å². The zero-order valence-electron chi connectivity index (χ0n) is 9.82. The highest BCUT2D eigenvalue weighted by atomic mass is 16.5. The molecular weight excluding hydrogens is 220 g/mol. The van der Waals surface area contributed by atoms with Gasteiger partial charge in [0.05, 0.1) is 5.69 Å². The lowest BCUT2D eigenvalue weighted by Crippen LogP contribution is -2.28. The molecule has 0 saturated heterocycles. The maximum atomic E-state index is 11.9. The third kappa shape index (κ3) is 2.22. The van der Waals surface area contributed by atoms with Gasteiger partial charge in [0, 0.05) is 19.2 Å². The summed E-state index contributed by atoms with van der Waals surface area (Å²) in [5.74, 6) is 0.304. The molecule has 90 valence electrons. The third-order valence-electron chi connectivity index (χ3n) is 2.68. The number of benzene rings is 1. The van der Waals surface area contributed by atoms with Crippen molar-refractivity contribution in [1.29, 1.82) is 0 Å². The standard InChI is InChI=1S/C12H14N2O3/c1-3-14(2)12(16)8-4-5-9-10(6-8)17-7-11(15)13-9/h4-6H,3,7H2,1-2H3,(H,13,15). The number of nitrogens with zero attached hydrogens (tertiary/aromatic N) is 1. The van der Waals surface area contributed by atoms with Crippen LogP contribution in [0, 0.1) is 0 Å². The Labute approximate surface area is 99.4 Å². The monoisotopic (exact) mass is 234 g/mol. The zero-order chi connectivity index (χ0) is 12.4. The minimum atomic E-state index is -0.178. The molecule has 0 radical (unpaired) electrons. The minimum absolute atomic E-state index is 0.00569. The Kier molecular flexibility index (Phi) is 2.99. The topological polar surface area (TPSA) is 58.6 Å². The number of hydrogen-bond donors (Lipinski definition) is 1. The van der Waals surface area contributed by atoms with Gasteiger partial charge >= 0.3 is 0 Å². The Bertz CT molecular complexity index is 471. The molecule has 2 rings (SSSR count). The van der Waals surface area contributed by atoms with E-state index < -0.39 is 0 Å². The van der Waals surface area contributed by atoms with Gasteiger partial charge in [-0.2, -0.15) is 0 Å². The Balaban J connectivity index is 2.28. The van der Waals surface area contributed by atoms with Crippen molar-refractivity contribution in [3.8, 4) is 5.75 Å². The van der Waals surface area contributed by atoms with Crippen LogP contribution in [0.3, 0.4) is 0 Å². The first-order valence-corrected chi connectivity index (χ1v) is 5.44. The van der Waals surface area contributed by atoms with Crippen LogP contribution in [0.2, 0.25) is 0 Å². The molecule has 1 N–H and O–H groups in total. The summed E-state index contributed by atoms with van der Waals surface area (Å²) in [5, 5.41) is 2.68. The maximum absolute atomic E-state index is 11.9. The van der Waals surface area contributed by atoms with Crippen LogP contribution >= 0.6 is 0 Å². The molecule has 0 bridgehead atoms. The van der Waals surface area contributed by atoms with E-state index in [0.29, 0.717) is 23.5 Å². The lowest BCUT2D eigenvalue weighted by Gasteiger charge is -2.20. The third-order valence-corrected chi connectivity index (χ3v) is 2.68. The van der Waals surface area contributed by atoms with Gasteiger partial charge in [-0.15, -0.1) is 0 Å². The molecular formula is C12H14N2O3. The predicted octanol–water partition coefficient (Wildman–Crippen LogP) is 1.11. The van der Waals surface area contributed by atoms with Gasteiger partial charge in [-0.05, 0) is 25.1 Å². The van der Waals surface area contributed by atoms with E-state index >= 15 is 0 Å². The van der Waals surface area contributed by atoms with E-state index in [9.17, 15) is 9.59 Å². The number of fused-ring (bicyclic) bond motifs is 1. The number of anilines is 1. The van der Waals surface area contributed by atoms with Crippen LogP contribution in [0.15, 0.2) is 18.2 Å². The van der Waals surface area contributed by atoms with E-state index in [1.807, 2.05) is 6.92 Å². The highest BCUT2D eigenvalue weighted by Gasteiger charge is 2.18. The van der Waals surface area contributed by atoms with Crippen LogP contribution in [0.4, 0.5) is 5.69 Å². The zero-order valence-corrected chi connectivity index (χ0v) is 9.82. The fourth-order valence-electron chi connectivity index (χ4n) is 1.57. The van der Waals surface area contributed by atoms with Gasteiger partial charge in [-0.25, -0.2) is 0 Å². The van der Waals surface area contributed by atoms with Gasteiger partial charge in [0.15, 0.2) is 6.61 Å². The Hall–Kier alpha value is -2.04. The summed E-state index contributed by atoms with van der Waals surface area (Å²) in [5.41, 5.74) is 1.17. The van der Waals surface area contributed by atoms with Crippen LogP contribution in [0.5, 0.6) is 5.75 Å². The summed E-state index contributed by atoms with van der Waals surface area (Å²) in [4.78, 5) is 24.6. The first kappa shape index (κ1) is 11.4. The first-order chi connectivity index (χ1) is 8.11.